The summed E-state index contributed by atoms with van der Waals surface area (Å²) in [6, 6.07) is 10.7. The second kappa shape index (κ2) is 3.61. The molecule has 0 bridgehead atoms. The van der Waals surface area contributed by atoms with Crippen LogP contribution in [0, 0.1) is 0 Å². The summed E-state index contributed by atoms with van der Waals surface area (Å²) in [5.41, 5.74) is 1.99. The van der Waals surface area contributed by atoms with Crippen LogP contribution >= 0.6 is 0 Å². The van der Waals surface area contributed by atoms with Crippen LogP contribution in [0.4, 0.5) is 0 Å². The van der Waals surface area contributed by atoms with Crippen LogP contribution < -0.4 is 9.47 Å². The van der Waals surface area contributed by atoms with Crippen LogP contribution in [0.15, 0.2) is 36.4 Å². The Morgan fingerprint density at radius 2 is 1.63 bits per heavy atom. The molecule has 0 saturated carbocycles. The van der Waals surface area contributed by atoms with Crippen molar-refractivity contribution in [3.63, 3.8) is 0 Å². The van der Waals surface area contributed by atoms with Crippen molar-refractivity contribution in [3.05, 3.63) is 36.4 Å². The van der Waals surface area contributed by atoms with Crippen LogP contribution in [0.25, 0.3) is 16.7 Å². The number of rotatable bonds is 1. The molecule has 0 fully saturated rings. The van der Waals surface area contributed by atoms with E-state index < -0.39 is 0 Å². The van der Waals surface area contributed by atoms with Gasteiger partial charge < -0.3 is 14.6 Å². The summed E-state index contributed by atoms with van der Waals surface area (Å²) in [5.74, 6) is 1.15. The van der Waals surface area contributed by atoms with Gasteiger partial charge in [0.15, 0.2) is 11.5 Å². The summed E-state index contributed by atoms with van der Waals surface area (Å²) in [4.78, 5) is 1.39. The highest BCUT2D eigenvalue weighted by atomic mass is 16.7. The fourth-order valence-corrected chi connectivity index (χ4v) is 2.05. The predicted octanol–water partition coefficient (Wildman–Crippen LogP) is 1.85. The Kier molecular flexibility index (Phi) is 1.94. The molecule has 2 heterocycles. The van der Waals surface area contributed by atoms with E-state index in [4.69, 9.17) is 9.47 Å². The number of hydrogen-bond donors (Lipinski definition) is 1. The minimum atomic E-state index is 0.0459. The summed E-state index contributed by atoms with van der Waals surface area (Å²) in [7, 11) is 0. The molecule has 1 N–H and O–H groups in total. The van der Waals surface area contributed by atoms with Gasteiger partial charge in [-0.3, -0.25) is 0 Å². The molecule has 0 amide bonds. The van der Waals surface area contributed by atoms with E-state index in [1.807, 2.05) is 24.3 Å². The molecule has 0 radical (unpaired) electrons. The third-order valence-corrected chi connectivity index (χ3v) is 2.97. The zero-order valence-electron chi connectivity index (χ0n) is 9.78. The van der Waals surface area contributed by atoms with E-state index in [9.17, 15) is 5.11 Å². The first-order valence-electron chi connectivity index (χ1n) is 5.76. The third kappa shape index (κ3) is 1.50. The lowest BCUT2D eigenvalue weighted by Gasteiger charge is -2.04. The highest BCUT2D eigenvalue weighted by Crippen LogP contribution is 2.38. The topological polar surface area (TPSA) is 69.4 Å². The van der Waals surface area contributed by atoms with Gasteiger partial charge in [-0.05, 0) is 12.1 Å². The summed E-state index contributed by atoms with van der Waals surface area (Å²) < 4.78 is 10.5. The normalized spacial score (nSPS) is 13.1. The largest absolute Gasteiger partial charge is 0.505 e. The first kappa shape index (κ1) is 10.2. The van der Waals surface area contributed by atoms with Gasteiger partial charge in [0.25, 0.3) is 0 Å². The van der Waals surface area contributed by atoms with Crippen molar-refractivity contribution in [2.75, 3.05) is 6.79 Å². The number of phenols is 1. The maximum absolute atomic E-state index is 10.0. The number of benzene rings is 2. The molecule has 1 aromatic heterocycles. The smallest absolute Gasteiger partial charge is 0.231 e. The maximum atomic E-state index is 10.0. The Morgan fingerprint density at radius 3 is 2.32 bits per heavy atom. The molecule has 0 spiro atoms. The van der Waals surface area contributed by atoms with Gasteiger partial charge in [-0.1, -0.05) is 12.1 Å². The van der Waals surface area contributed by atoms with Crippen molar-refractivity contribution in [3.8, 4) is 22.9 Å². The molecule has 0 atom stereocenters. The van der Waals surface area contributed by atoms with Crippen molar-refractivity contribution in [1.29, 1.82) is 0 Å². The fraction of sp³-hybridized carbons (Fsp3) is 0.0769. The Balaban J connectivity index is 1.92. The predicted molar refractivity (Wildman–Crippen MR) is 66.7 cm³/mol. The monoisotopic (exact) mass is 255 g/mol. The number of ether oxygens (including phenoxy) is 2. The average molecular weight is 255 g/mol. The van der Waals surface area contributed by atoms with Gasteiger partial charge in [-0.15, -0.1) is 15.0 Å². The Morgan fingerprint density at radius 1 is 1.00 bits per heavy atom. The highest BCUT2D eigenvalue weighted by Gasteiger charge is 2.19. The van der Waals surface area contributed by atoms with Gasteiger partial charge in [0, 0.05) is 12.1 Å². The zero-order valence-corrected chi connectivity index (χ0v) is 9.78. The van der Waals surface area contributed by atoms with Gasteiger partial charge >= 0.3 is 0 Å². The molecule has 0 saturated heterocycles. The van der Waals surface area contributed by atoms with E-state index in [-0.39, 0.29) is 12.5 Å². The maximum Gasteiger partial charge on any atom is 0.231 e. The molecule has 6 heteroatoms. The number of phenolic OH excluding ortho intramolecular Hbond substituents is 1. The van der Waals surface area contributed by atoms with E-state index in [0.717, 1.165) is 11.0 Å². The number of aromatic nitrogens is 3. The molecular weight excluding hydrogens is 246 g/mol. The summed E-state index contributed by atoms with van der Waals surface area (Å²) >= 11 is 0. The van der Waals surface area contributed by atoms with Gasteiger partial charge in [0.2, 0.25) is 6.79 Å². The van der Waals surface area contributed by atoms with Gasteiger partial charge in [-0.2, -0.15) is 0 Å². The third-order valence-electron chi connectivity index (χ3n) is 2.97. The summed E-state index contributed by atoms with van der Waals surface area (Å²) in [5, 5.41) is 18.7. The van der Waals surface area contributed by atoms with Crippen molar-refractivity contribution < 1.29 is 14.6 Å². The highest BCUT2D eigenvalue weighted by molar-refractivity contribution is 5.73. The molecule has 6 nitrogen and oxygen atoms in total. The van der Waals surface area contributed by atoms with Crippen LogP contribution in [0.3, 0.4) is 0 Å². The van der Waals surface area contributed by atoms with E-state index in [2.05, 4.69) is 10.2 Å². The molecule has 0 unspecified atom stereocenters. The van der Waals surface area contributed by atoms with E-state index in [1.54, 1.807) is 6.07 Å². The average Bonchev–Trinajstić information content (AvgIpc) is 3.02. The quantitative estimate of drug-likeness (QED) is 0.718. The SMILES string of the molecule is Oc1cc2c(cc1-n1nc3ccccc3n1)OCO2. The minimum absolute atomic E-state index is 0.0459. The Bertz CT molecular complexity index is 749. The summed E-state index contributed by atoms with van der Waals surface area (Å²) in [6.45, 7) is 0.159. The van der Waals surface area contributed by atoms with Crippen molar-refractivity contribution in [1.82, 2.24) is 15.0 Å². The van der Waals surface area contributed by atoms with Crippen LogP contribution in [0.5, 0.6) is 17.2 Å². The summed E-state index contributed by atoms with van der Waals surface area (Å²) in [6.07, 6.45) is 0. The molecule has 94 valence electrons. The number of hydrogen-bond acceptors (Lipinski definition) is 5. The van der Waals surface area contributed by atoms with Crippen LogP contribution in [-0.2, 0) is 0 Å². The van der Waals surface area contributed by atoms with Crippen LogP contribution in [0.2, 0.25) is 0 Å². The lowest BCUT2D eigenvalue weighted by molar-refractivity contribution is 0.174. The molecule has 3 aromatic rings. The van der Waals surface area contributed by atoms with E-state index in [1.165, 1.54) is 10.9 Å². The Labute approximate surface area is 107 Å². The van der Waals surface area contributed by atoms with E-state index >= 15 is 0 Å². The second-order valence-electron chi connectivity index (χ2n) is 4.17. The van der Waals surface area contributed by atoms with Gasteiger partial charge in [0.1, 0.15) is 22.5 Å². The fourth-order valence-electron chi connectivity index (χ4n) is 2.05. The van der Waals surface area contributed by atoms with Crippen molar-refractivity contribution in [2.45, 2.75) is 0 Å². The molecule has 19 heavy (non-hydrogen) atoms. The van der Waals surface area contributed by atoms with Gasteiger partial charge in [0.05, 0.1) is 0 Å². The molecule has 2 aromatic carbocycles. The molecule has 1 aliphatic rings. The standard InChI is InChI=1S/C13H9N3O3/c17-11-6-13-12(18-7-19-13)5-10(11)16-14-8-3-1-2-4-9(8)15-16/h1-6,17H,7H2. The van der Waals surface area contributed by atoms with Gasteiger partial charge in [-0.25, -0.2) is 0 Å². The lowest BCUT2D eigenvalue weighted by Crippen LogP contribution is -1.99. The first-order valence-corrected chi connectivity index (χ1v) is 5.76. The second-order valence-corrected chi connectivity index (χ2v) is 4.17. The molecule has 4 rings (SSSR count). The van der Waals surface area contributed by atoms with E-state index in [0.29, 0.717) is 17.2 Å². The molecule has 0 aliphatic carbocycles. The van der Waals surface area contributed by atoms with Crippen LogP contribution in [-0.4, -0.2) is 26.9 Å². The molecular formula is C13H9N3O3. The first-order chi connectivity index (χ1) is 9.31. The number of fused-ring (bicyclic) bond motifs is 2. The molecule has 1 aliphatic heterocycles. The lowest BCUT2D eigenvalue weighted by atomic mass is 10.2. The number of aromatic hydroxyl groups is 1. The Hall–Kier alpha value is -2.76. The van der Waals surface area contributed by atoms with Crippen molar-refractivity contribution >= 4 is 11.0 Å². The van der Waals surface area contributed by atoms with Crippen LogP contribution in [0.1, 0.15) is 0 Å². The zero-order chi connectivity index (χ0) is 12.8. The number of nitrogens with zero attached hydrogens (tertiary/aromatic N) is 3. The minimum Gasteiger partial charge on any atom is -0.505 e. The van der Waals surface area contributed by atoms with Crippen molar-refractivity contribution in [2.24, 2.45) is 0 Å².